The molecule has 0 aliphatic rings. The van der Waals surface area contributed by atoms with E-state index in [1.165, 1.54) is 0 Å². The van der Waals surface area contributed by atoms with Crippen LogP contribution in [0.25, 0.3) is 0 Å². The highest BCUT2D eigenvalue weighted by atomic mass is 15.1. The van der Waals surface area contributed by atoms with Gasteiger partial charge in [0.2, 0.25) is 6.33 Å². The molecule has 0 aliphatic heterocycles. The number of nitriles is 2. The van der Waals surface area contributed by atoms with E-state index in [-0.39, 0.29) is 0 Å². The summed E-state index contributed by atoms with van der Waals surface area (Å²) in [7, 11) is 0. The summed E-state index contributed by atoms with van der Waals surface area (Å²) >= 11 is 0. The van der Waals surface area contributed by atoms with Crippen molar-refractivity contribution in [2.24, 2.45) is 0 Å². The van der Waals surface area contributed by atoms with Crippen LogP contribution in [0, 0.1) is 22.7 Å². The third kappa shape index (κ3) is 4.28. The fourth-order valence-electron chi connectivity index (χ4n) is 1.42. The minimum atomic E-state index is 0.404. The molecule has 0 unspecified atom stereocenters. The lowest BCUT2D eigenvalue weighted by molar-refractivity contribution is -0.696. The molecular weight excluding hydrogens is 188 g/mol. The molecule has 0 spiro atoms. The van der Waals surface area contributed by atoms with Crippen LogP contribution in [0.15, 0.2) is 18.7 Å². The fourth-order valence-corrected chi connectivity index (χ4v) is 1.42. The maximum Gasteiger partial charge on any atom is 0.244 e. The molecule has 1 rings (SSSR count). The number of unbranched alkanes of at least 4 members (excludes halogenated alkanes) is 3. The van der Waals surface area contributed by atoms with Crippen LogP contribution in [-0.2, 0) is 13.1 Å². The van der Waals surface area contributed by atoms with Crippen LogP contribution in [0.1, 0.15) is 25.7 Å². The third-order valence-electron chi connectivity index (χ3n) is 2.20. The summed E-state index contributed by atoms with van der Waals surface area (Å²) in [6, 6.07) is 4.24. The normalized spacial score (nSPS) is 9.47. The molecule has 4 heteroatoms. The minimum absolute atomic E-state index is 0.404. The summed E-state index contributed by atoms with van der Waals surface area (Å²) in [5, 5.41) is 16.8. The van der Waals surface area contributed by atoms with Crippen molar-refractivity contribution in [2.75, 3.05) is 0 Å². The zero-order chi connectivity index (χ0) is 10.9. The molecule has 0 saturated carbocycles. The third-order valence-corrected chi connectivity index (χ3v) is 2.20. The van der Waals surface area contributed by atoms with Gasteiger partial charge in [-0.05, 0) is 19.3 Å². The number of hydrogen-bond donors (Lipinski definition) is 0. The molecule has 0 fully saturated rings. The molecule has 15 heavy (non-hydrogen) atoms. The molecular formula is C11H15N4+. The Morgan fingerprint density at radius 3 is 2.73 bits per heavy atom. The summed E-state index contributed by atoms with van der Waals surface area (Å²) in [5.41, 5.74) is 0. The Kier molecular flexibility index (Phi) is 4.97. The van der Waals surface area contributed by atoms with Gasteiger partial charge in [0.1, 0.15) is 18.5 Å². The van der Waals surface area contributed by atoms with E-state index >= 15 is 0 Å². The van der Waals surface area contributed by atoms with E-state index in [0.717, 1.165) is 25.8 Å². The van der Waals surface area contributed by atoms with Crippen LogP contribution in [-0.4, -0.2) is 4.57 Å². The van der Waals surface area contributed by atoms with E-state index in [1.807, 2.05) is 23.3 Å². The molecule has 0 atom stereocenters. The van der Waals surface area contributed by atoms with Crippen molar-refractivity contribution in [1.29, 1.82) is 10.5 Å². The monoisotopic (exact) mass is 203 g/mol. The Labute approximate surface area is 90.0 Å². The van der Waals surface area contributed by atoms with Crippen molar-refractivity contribution in [3.8, 4) is 12.1 Å². The summed E-state index contributed by atoms with van der Waals surface area (Å²) in [6.07, 6.45) is 9.62. The number of nitrogens with zero attached hydrogens (tertiary/aromatic N) is 4. The van der Waals surface area contributed by atoms with Gasteiger partial charge < -0.3 is 0 Å². The first kappa shape index (κ1) is 11.3. The zero-order valence-electron chi connectivity index (χ0n) is 8.76. The summed E-state index contributed by atoms with van der Waals surface area (Å²) in [4.78, 5) is 0. The van der Waals surface area contributed by atoms with Gasteiger partial charge >= 0.3 is 0 Å². The first-order valence-corrected chi connectivity index (χ1v) is 5.15. The molecule has 1 aromatic rings. The van der Waals surface area contributed by atoms with E-state index in [1.54, 1.807) is 0 Å². The standard InChI is InChI=1S/C11H15N4/c12-5-3-1-2-4-7-14-9-10-15(11-14)8-6-13/h9-11H,1-4,7-8H2/q+1. The Morgan fingerprint density at radius 2 is 2.00 bits per heavy atom. The van der Waals surface area contributed by atoms with E-state index in [2.05, 4.69) is 16.7 Å². The van der Waals surface area contributed by atoms with E-state index in [4.69, 9.17) is 10.5 Å². The molecule has 0 bridgehead atoms. The molecule has 0 N–H and O–H groups in total. The fraction of sp³-hybridized carbons (Fsp3) is 0.545. The summed E-state index contributed by atoms with van der Waals surface area (Å²) in [6.45, 7) is 1.37. The quantitative estimate of drug-likeness (QED) is 0.518. The Morgan fingerprint density at radius 1 is 1.13 bits per heavy atom. The predicted octanol–water partition coefficient (Wildman–Crippen LogP) is 1.38. The Balaban J connectivity index is 2.21. The molecule has 0 saturated heterocycles. The van der Waals surface area contributed by atoms with Gasteiger partial charge in [0.15, 0.2) is 6.54 Å². The lowest BCUT2D eigenvalue weighted by Gasteiger charge is -1.95. The van der Waals surface area contributed by atoms with Crippen LogP contribution in [0.2, 0.25) is 0 Å². The van der Waals surface area contributed by atoms with Crippen molar-refractivity contribution in [3.05, 3.63) is 18.7 Å². The number of hydrogen-bond acceptors (Lipinski definition) is 2. The highest BCUT2D eigenvalue weighted by molar-refractivity contribution is 4.76. The SMILES string of the molecule is N#CCCCCC[n+]1ccn(CC#N)c1. The van der Waals surface area contributed by atoms with Gasteiger partial charge in [-0.3, -0.25) is 0 Å². The largest absolute Gasteiger partial charge is 0.244 e. The Hall–Kier alpha value is -1.81. The first-order chi connectivity index (χ1) is 7.36. The van der Waals surface area contributed by atoms with Crippen molar-refractivity contribution in [3.63, 3.8) is 0 Å². The molecule has 0 aromatic carbocycles. The summed E-state index contributed by atoms with van der Waals surface area (Å²) < 4.78 is 3.93. The van der Waals surface area contributed by atoms with E-state index in [0.29, 0.717) is 13.0 Å². The maximum absolute atomic E-state index is 8.49. The number of imidazole rings is 1. The second-order valence-electron chi connectivity index (χ2n) is 3.45. The average Bonchev–Trinajstić information content (AvgIpc) is 2.66. The van der Waals surface area contributed by atoms with Crippen molar-refractivity contribution < 1.29 is 4.57 Å². The van der Waals surface area contributed by atoms with Crippen molar-refractivity contribution in [1.82, 2.24) is 4.57 Å². The van der Waals surface area contributed by atoms with Gasteiger partial charge in [-0.1, -0.05) is 0 Å². The molecule has 1 heterocycles. The van der Waals surface area contributed by atoms with Crippen LogP contribution >= 0.6 is 0 Å². The predicted molar refractivity (Wildman–Crippen MR) is 54.3 cm³/mol. The second kappa shape index (κ2) is 6.62. The zero-order valence-corrected chi connectivity index (χ0v) is 8.76. The topological polar surface area (TPSA) is 56.4 Å². The van der Waals surface area contributed by atoms with E-state index < -0.39 is 0 Å². The first-order valence-electron chi connectivity index (χ1n) is 5.15. The van der Waals surface area contributed by atoms with Crippen molar-refractivity contribution >= 4 is 0 Å². The van der Waals surface area contributed by atoms with Crippen LogP contribution in [0.4, 0.5) is 0 Å². The van der Waals surface area contributed by atoms with Gasteiger partial charge in [0.05, 0.1) is 12.6 Å². The van der Waals surface area contributed by atoms with Gasteiger partial charge in [-0.25, -0.2) is 9.13 Å². The highest BCUT2D eigenvalue weighted by Crippen LogP contribution is 1.98. The number of rotatable bonds is 6. The molecule has 4 nitrogen and oxygen atoms in total. The second-order valence-corrected chi connectivity index (χ2v) is 3.45. The van der Waals surface area contributed by atoms with Gasteiger partial charge in [0, 0.05) is 6.42 Å². The molecule has 0 amide bonds. The number of aryl methyl sites for hydroxylation is 1. The van der Waals surface area contributed by atoms with Gasteiger partial charge in [0.25, 0.3) is 0 Å². The molecule has 78 valence electrons. The Bertz CT molecular complexity index is 367. The van der Waals surface area contributed by atoms with E-state index in [9.17, 15) is 0 Å². The smallest absolute Gasteiger partial charge is 0.237 e. The highest BCUT2D eigenvalue weighted by Gasteiger charge is 2.01. The lowest BCUT2D eigenvalue weighted by Crippen LogP contribution is -2.30. The van der Waals surface area contributed by atoms with Gasteiger partial charge in [-0.15, -0.1) is 0 Å². The maximum atomic E-state index is 8.49. The van der Waals surface area contributed by atoms with Gasteiger partial charge in [-0.2, -0.15) is 10.5 Å². The lowest BCUT2D eigenvalue weighted by atomic mass is 10.2. The van der Waals surface area contributed by atoms with Crippen LogP contribution in [0.5, 0.6) is 0 Å². The van der Waals surface area contributed by atoms with Crippen molar-refractivity contribution in [2.45, 2.75) is 38.8 Å². The van der Waals surface area contributed by atoms with Crippen LogP contribution < -0.4 is 4.57 Å². The van der Waals surface area contributed by atoms with Crippen LogP contribution in [0.3, 0.4) is 0 Å². The summed E-state index contributed by atoms with van der Waals surface area (Å²) in [5.74, 6) is 0. The molecule has 0 aliphatic carbocycles. The molecule has 0 radical (unpaired) electrons. The molecule has 1 aromatic heterocycles. The minimum Gasteiger partial charge on any atom is -0.237 e. The average molecular weight is 203 g/mol. The number of aromatic nitrogens is 2.